The lowest BCUT2D eigenvalue weighted by atomic mass is 10.1. The molecule has 3 heterocycles. The van der Waals surface area contributed by atoms with E-state index < -0.39 is 0 Å². The maximum atomic E-state index is 5.93. The van der Waals surface area contributed by atoms with Gasteiger partial charge in [-0.25, -0.2) is 9.67 Å². The van der Waals surface area contributed by atoms with Gasteiger partial charge in [0.25, 0.3) is 0 Å². The molecule has 4 rings (SSSR count). The molecule has 6 nitrogen and oxygen atoms in total. The molecule has 0 amide bonds. The van der Waals surface area contributed by atoms with Crippen LogP contribution in [-0.4, -0.2) is 31.0 Å². The molecule has 1 unspecified atom stereocenters. The van der Waals surface area contributed by atoms with Gasteiger partial charge in [-0.1, -0.05) is 42.0 Å². The molecular weight excluding hydrogens is 356 g/mol. The molecular formula is C17H19ClN6S. The highest BCUT2D eigenvalue weighted by Crippen LogP contribution is 2.23. The van der Waals surface area contributed by atoms with Gasteiger partial charge in [0.15, 0.2) is 5.82 Å². The highest BCUT2D eigenvalue weighted by molar-refractivity contribution is 7.15. The second-order valence-electron chi connectivity index (χ2n) is 6.16. The molecule has 25 heavy (non-hydrogen) atoms. The van der Waals surface area contributed by atoms with Crippen LogP contribution in [0.2, 0.25) is 5.02 Å². The molecule has 1 atom stereocenters. The molecule has 2 aromatic heterocycles. The van der Waals surface area contributed by atoms with Crippen molar-refractivity contribution < 1.29 is 0 Å². The molecule has 0 saturated carbocycles. The van der Waals surface area contributed by atoms with Crippen LogP contribution in [0.1, 0.15) is 35.6 Å². The van der Waals surface area contributed by atoms with Gasteiger partial charge >= 0.3 is 0 Å². The van der Waals surface area contributed by atoms with Crippen LogP contribution in [-0.2, 0) is 25.8 Å². The second kappa shape index (κ2) is 7.09. The molecule has 1 aromatic carbocycles. The number of aromatic nitrogens is 5. The number of rotatable bonds is 5. The Kier molecular flexibility index (Phi) is 4.67. The molecule has 1 N–H and O–H groups in total. The minimum absolute atomic E-state index is 0.315. The van der Waals surface area contributed by atoms with Crippen molar-refractivity contribution in [2.24, 2.45) is 0 Å². The van der Waals surface area contributed by atoms with E-state index in [0.717, 1.165) is 59.0 Å². The predicted molar refractivity (Wildman–Crippen MR) is 99.3 cm³/mol. The van der Waals surface area contributed by atoms with Gasteiger partial charge in [0, 0.05) is 30.3 Å². The number of halogens is 1. The average molecular weight is 375 g/mol. The Hall–Kier alpha value is -1.99. The van der Waals surface area contributed by atoms with E-state index in [1.54, 1.807) is 11.3 Å². The van der Waals surface area contributed by atoms with Gasteiger partial charge in [-0.15, -0.1) is 10.2 Å². The SMILES string of the molecule is CCc1nc2n(n1)CC(Nc1nnc(Cc3ccc(Cl)cc3)s1)CC2. The second-order valence-corrected chi connectivity index (χ2v) is 7.66. The van der Waals surface area contributed by atoms with Crippen LogP contribution in [0.5, 0.6) is 0 Å². The Morgan fingerprint density at radius 3 is 2.92 bits per heavy atom. The number of aryl methyl sites for hydroxylation is 2. The largest absolute Gasteiger partial charge is 0.355 e. The van der Waals surface area contributed by atoms with Crippen LogP contribution in [0.25, 0.3) is 0 Å². The molecule has 0 bridgehead atoms. The average Bonchev–Trinajstić information content (AvgIpc) is 3.23. The fourth-order valence-electron chi connectivity index (χ4n) is 2.96. The third-order valence-electron chi connectivity index (χ3n) is 4.28. The van der Waals surface area contributed by atoms with Crippen molar-refractivity contribution in [2.75, 3.05) is 5.32 Å². The highest BCUT2D eigenvalue weighted by Gasteiger charge is 2.22. The van der Waals surface area contributed by atoms with E-state index in [-0.39, 0.29) is 0 Å². The van der Waals surface area contributed by atoms with Crippen molar-refractivity contribution >= 4 is 28.1 Å². The van der Waals surface area contributed by atoms with E-state index in [4.69, 9.17) is 11.6 Å². The first-order chi connectivity index (χ1) is 12.2. The zero-order chi connectivity index (χ0) is 17.2. The van der Waals surface area contributed by atoms with Gasteiger partial charge in [0.05, 0.1) is 6.54 Å². The highest BCUT2D eigenvalue weighted by atomic mass is 35.5. The monoisotopic (exact) mass is 374 g/mol. The maximum absolute atomic E-state index is 5.93. The first-order valence-electron chi connectivity index (χ1n) is 8.45. The lowest BCUT2D eigenvalue weighted by Gasteiger charge is -2.22. The third kappa shape index (κ3) is 3.82. The van der Waals surface area contributed by atoms with E-state index in [2.05, 4.69) is 32.5 Å². The molecule has 0 spiro atoms. The van der Waals surface area contributed by atoms with E-state index >= 15 is 0 Å². The van der Waals surface area contributed by atoms with Gasteiger partial charge in [-0.3, -0.25) is 0 Å². The Balaban J connectivity index is 1.39. The first kappa shape index (κ1) is 16.5. The van der Waals surface area contributed by atoms with Crippen molar-refractivity contribution in [3.05, 3.63) is 51.5 Å². The van der Waals surface area contributed by atoms with Gasteiger partial charge in [0.1, 0.15) is 10.8 Å². The van der Waals surface area contributed by atoms with Crippen molar-refractivity contribution in [1.29, 1.82) is 0 Å². The fourth-order valence-corrected chi connectivity index (χ4v) is 3.94. The van der Waals surface area contributed by atoms with Gasteiger partial charge in [-0.2, -0.15) is 5.10 Å². The van der Waals surface area contributed by atoms with Crippen LogP contribution in [0.4, 0.5) is 5.13 Å². The lowest BCUT2D eigenvalue weighted by Crippen LogP contribution is -2.31. The number of hydrogen-bond acceptors (Lipinski definition) is 6. The Bertz CT molecular complexity index is 856. The zero-order valence-electron chi connectivity index (χ0n) is 13.9. The first-order valence-corrected chi connectivity index (χ1v) is 9.65. The Morgan fingerprint density at radius 1 is 1.28 bits per heavy atom. The van der Waals surface area contributed by atoms with Crippen molar-refractivity contribution in [3.63, 3.8) is 0 Å². The molecule has 130 valence electrons. The van der Waals surface area contributed by atoms with E-state index in [1.807, 2.05) is 28.9 Å². The van der Waals surface area contributed by atoms with E-state index in [9.17, 15) is 0 Å². The minimum Gasteiger partial charge on any atom is -0.355 e. The van der Waals surface area contributed by atoms with Crippen LogP contribution < -0.4 is 5.32 Å². The van der Waals surface area contributed by atoms with Gasteiger partial charge in [-0.05, 0) is 24.1 Å². The molecule has 3 aromatic rings. The van der Waals surface area contributed by atoms with Crippen LogP contribution in [0.3, 0.4) is 0 Å². The number of nitrogens with zero attached hydrogens (tertiary/aromatic N) is 5. The number of nitrogens with one attached hydrogen (secondary N) is 1. The van der Waals surface area contributed by atoms with Crippen molar-refractivity contribution in [3.8, 4) is 0 Å². The summed E-state index contributed by atoms with van der Waals surface area (Å²) < 4.78 is 2.02. The molecule has 0 fully saturated rings. The minimum atomic E-state index is 0.315. The third-order valence-corrected chi connectivity index (χ3v) is 5.39. The van der Waals surface area contributed by atoms with E-state index in [1.165, 1.54) is 5.56 Å². The molecule has 8 heteroatoms. The summed E-state index contributed by atoms with van der Waals surface area (Å²) >= 11 is 7.53. The van der Waals surface area contributed by atoms with Gasteiger partial charge in [0.2, 0.25) is 5.13 Å². The standard InChI is InChI=1S/C17H19ClN6S/c1-2-14-20-15-8-7-13(10-24(15)23-14)19-17-22-21-16(25-17)9-11-3-5-12(18)6-4-11/h3-6,13H,2,7-10H2,1H3,(H,19,22). The number of benzene rings is 1. The molecule has 0 saturated heterocycles. The number of anilines is 1. The van der Waals surface area contributed by atoms with E-state index in [0.29, 0.717) is 6.04 Å². The maximum Gasteiger partial charge on any atom is 0.205 e. The summed E-state index contributed by atoms with van der Waals surface area (Å²) in [6.07, 6.45) is 3.63. The van der Waals surface area contributed by atoms with Crippen LogP contribution >= 0.6 is 22.9 Å². The van der Waals surface area contributed by atoms with Crippen LogP contribution in [0, 0.1) is 0 Å². The quantitative estimate of drug-likeness (QED) is 0.741. The summed E-state index contributed by atoms with van der Waals surface area (Å²) in [6, 6.07) is 8.17. The predicted octanol–water partition coefficient (Wildman–Crippen LogP) is 3.36. The van der Waals surface area contributed by atoms with Crippen molar-refractivity contribution in [1.82, 2.24) is 25.0 Å². The summed E-state index contributed by atoms with van der Waals surface area (Å²) in [5.41, 5.74) is 1.18. The molecule has 0 aliphatic carbocycles. The zero-order valence-corrected chi connectivity index (χ0v) is 15.5. The Morgan fingerprint density at radius 2 is 2.12 bits per heavy atom. The molecule has 1 aliphatic rings. The number of fused-ring (bicyclic) bond motifs is 1. The normalized spacial score (nSPS) is 16.6. The summed E-state index contributed by atoms with van der Waals surface area (Å²) in [6.45, 7) is 2.91. The topological polar surface area (TPSA) is 68.5 Å². The van der Waals surface area contributed by atoms with Crippen molar-refractivity contribution in [2.45, 2.75) is 45.2 Å². The summed E-state index contributed by atoms with van der Waals surface area (Å²) in [7, 11) is 0. The summed E-state index contributed by atoms with van der Waals surface area (Å²) in [5, 5.41) is 19.3. The summed E-state index contributed by atoms with van der Waals surface area (Å²) in [5.74, 6) is 2.02. The Labute approximate surface area is 155 Å². The fraction of sp³-hybridized carbons (Fsp3) is 0.412. The smallest absolute Gasteiger partial charge is 0.205 e. The van der Waals surface area contributed by atoms with Gasteiger partial charge < -0.3 is 5.32 Å². The molecule has 1 aliphatic heterocycles. The molecule has 0 radical (unpaired) electrons. The lowest BCUT2D eigenvalue weighted by molar-refractivity contribution is 0.440. The number of hydrogen-bond donors (Lipinski definition) is 1. The summed E-state index contributed by atoms with van der Waals surface area (Å²) in [4.78, 5) is 4.56. The van der Waals surface area contributed by atoms with Crippen LogP contribution in [0.15, 0.2) is 24.3 Å².